The number of carbonyl (C=O) groups excluding carboxylic acids is 2. The van der Waals surface area contributed by atoms with Crippen LogP contribution in [0.4, 0.5) is 18.9 Å². The van der Waals surface area contributed by atoms with E-state index in [2.05, 4.69) is 12.2 Å². The van der Waals surface area contributed by atoms with E-state index in [4.69, 9.17) is 0 Å². The third-order valence-electron chi connectivity index (χ3n) is 5.01. The molecule has 0 aromatic heterocycles. The highest BCUT2D eigenvalue weighted by Crippen LogP contribution is 2.48. The Morgan fingerprint density at radius 1 is 1.20 bits per heavy atom. The Hall–Kier alpha value is -2.05. The molecule has 1 atom stereocenters. The first-order chi connectivity index (χ1) is 11.7. The van der Waals surface area contributed by atoms with Gasteiger partial charge in [-0.25, -0.2) is 0 Å². The van der Waals surface area contributed by atoms with Crippen molar-refractivity contribution in [3.05, 3.63) is 29.8 Å². The summed E-state index contributed by atoms with van der Waals surface area (Å²) in [6, 6.07) is 4.27. The van der Waals surface area contributed by atoms with Crippen molar-refractivity contribution in [1.82, 2.24) is 4.90 Å². The Bertz CT molecular complexity index is 666. The second-order valence-corrected chi connectivity index (χ2v) is 7.11. The summed E-state index contributed by atoms with van der Waals surface area (Å²) in [5.41, 5.74) is -1.55. The van der Waals surface area contributed by atoms with Crippen LogP contribution in [0, 0.1) is 11.3 Å². The fourth-order valence-electron chi connectivity index (χ4n) is 3.33. The number of hydrogen-bond acceptors (Lipinski definition) is 2. The molecule has 1 aromatic carbocycles. The Morgan fingerprint density at radius 2 is 1.84 bits per heavy atom. The minimum Gasteiger partial charge on any atom is -0.342 e. The molecule has 0 spiro atoms. The normalized spacial score (nSPS) is 22.4. The first-order valence-electron chi connectivity index (χ1n) is 8.50. The number of alkyl halides is 3. The lowest BCUT2D eigenvalue weighted by Crippen LogP contribution is -2.46. The summed E-state index contributed by atoms with van der Waals surface area (Å²) in [4.78, 5) is 27.1. The maximum atomic E-state index is 12.8. The summed E-state index contributed by atoms with van der Waals surface area (Å²) in [6.07, 6.45) is -1.43. The Morgan fingerprint density at radius 3 is 2.36 bits per heavy atom. The van der Waals surface area contributed by atoms with Crippen molar-refractivity contribution in [3.8, 4) is 0 Å². The van der Waals surface area contributed by atoms with Crippen molar-refractivity contribution in [2.45, 2.75) is 38.8 Å². The highest BCUT2D eigenvalue weighted by molar-refractivity contribution is 6.13. The van der Waals surface area contributed by atoms with Gasteiger partial charge in [0.2, 0.25) is 11.8 Å². The number of carbonyl (C=O) groups is 2. The molecule has 1 N–H and O–H groups in total. The summed E-state index contributed by atoms with van der Waals surface area (Å²) in [5.74, 6) is -0.148. The van der Waals surface area contributed by atoms with Crippen LogP contribution in [0.15, 0.2) is 24.3 Å². The number of halogens is 3. The van der Waals surface area contributed by atoms with E-state index in [1.54, 1.807) is 4.90 Å². The SMILES string of the molecule is CC1CCCN(C(=O)C2(C(=O)Nc3ccc(C(F)(F)F)cc3)CC2)C1. The lowest BCUT2D eigenvalue weighted by Gasteiger charge is -2.33. The van der Waals surface area contributed by atoms with Gasteiger partial charge in [0, 0.05) is 18.8 Å². The average molecular weight is 354 g/mol. The highest BCUT2D eigenvalue weighted by atomic mass is 19.4. The standard InChI is InChI=1S/C18H21F3N2O2/c1-12-3-2-10-23(11-12)16(25)17(8-9-17)15(24)22-14-6-4-13(5-7-14)18(19,20)21/h4-7,12H,2-3,8-11H2,1H3,(H,22,24). The zero-order chi connectivity index (χ0) is 18.2. The second kappa shape index (κ2) is 6.35. The van der Waals surface area contributed by atoms with E-state index in [0.29, 0.717) is 31.8 Å². The van der Waals surface area contributed by atoms with Crippen molar-refractivity contribution >= 4 is 17.5 Å². The van der Waals surface area contributed by atoms with Crippen LogP contribution in [-0.4, -0.2) is 29.8 Å². The third kappa shape index (κ3) is 3.65. The molecule has 136 valence electrons. The number of likely N-dealkylation sites (tertiary alicyclic amines) is 1. The number of hydrogen-bond donors (Lipinski definition) is 1. The number of piperidine rings is 1. The molecule has 7 heteroatoms. The first-order valence-corrected chi connectivity index (χ1v) is 8.50. The predicted molar refractivity (Wildman–Crippen MR) is 86.7 cm³/mol. The van der Waals surface area contributed by atoms with E-state index < -0.39 is 23.1 Å². The number of amides is 2. The van der Waals surface area contributed by atoms with Crippen molar-refractivity contribution < 1.29 is 22.8 Å². The Labute approximate surface area is 144 Å². The average Bonchev–Trinajstić information content (AvgIpc) is 3.35. The number of anilines is 1. The van der Waals surface area contributed by atoms with Gasteiger partial charge in [-0.2, -0.15) is 13.2 Å². The van der Waals surface area contributed by atoms with E-state index in [1.165, 1.54) is 12.1 Å². The molecular weight excluding hydrogens is 333 g/mol. The first kappa shape index (κ1) is 17.8. The molecule has 1 aliphatic carbocycles. The van der Waals surface area contributed by atoms with Crippen LogP contribution < -0.4 is 5.32 Å². The Balaban J connectivity index is 1.67. The van der Waals surface area contributed by atoms with Gasteiger partial charge in [0.05, 0.1) is 5.56 Å². The maximum absolute atomic E-state index is 12.8. The lowest BCUT2D eigenvalue weighted by atomic mass is 9.96. The topological polar surface area (TPSA) is 49.4 Å². The van der Waals surface area contributed by atoms with Crippen LogP contribution in [0.25, 0.3) is 0 Å². The van der Waals surface area contributed by atoms with Crippen molar-refractivity contribution in [1.29, 1.82) is 0 Å². The highest BCUT2D eigenvalue weighted by Gasteiger charge is 2.58. The summed E-state index contributed by atoms with van der Waals surface area (Å²) < 4.78 is 37.8. The second-order valence-electron chi connectivity index (χ2n) is 7.11. The minimum atomic E-state index is -4.42. The molecule has 1 aliphatic heterocycles. The monoisotopic (exact) mass is 354 g/mol. The van der Waals surface area contributed by atoms with E-state index in [1.807, 2.05) is 0 Å². The van der Waals surface area contributed by atoms with Crippen molar-refractivity contribution in [3.63, 3.8) is 0 Å². The molecule has 2 amide bonds. The third-order valence-corrected chi connectivity index (χ3v) is 5.01. The maximum Gasteiger partial charge on any atom is 0.416 e. The minimum absolute atomic E-state index is 0.150. The van der Waals surface area contributed by atoms with Crippen LogP contribution in [0.5, 0.6) is 0 Å². The summed E-state index contributed by atoms with van der Waals surface area (Å²) in [7, 11) is 0. The van der Waals surface area contributed by atoms with Gasteiger partial charge >= 0.3 is 6.18 Å². The van der Waals surface area contributed by atoms with E-state index in [9.17, 15) is 22.8 Å². The van der Waals surface area contributed by atoms with Crippen molar-refractivity contribution in [2.24, 2.45) is 11.3 Å². The molecule has 1 heterocycles. The molecule has 1 saturated carbocycles. The van der Waals surface area contributed by atoms with Gasteiger partial charge < -0.3 is 10.2 Å². The number of nitrogens with one attached hydrogen (secondary N) is 1. The molecule has 4 nitrogen and oxygen atoms in total. The molecule has 1 aromatic rings. The van der Waals surface area contributed by atoms with Gasteiger partial charge in [-0.3, -0.25) is 9.59 Å². The van der Waals surface area contributed by atoms with Gasteiger partial charge in [0.25, 0.3) is 0 Å². The van der Waals surface area contributed by atoms with Gasteiger partial charge in [-0.1, -0.05) is 6.92 Å². The van der Waals surface area contributed by atoms with Crippen LogP contribution in [-0.2, 0) is 15.8 Å². The molecular formula is C18H21F3N2O2. The zero-order valence-electron chi connectivity index (χ0n) is 14.0. The molecule has 3 rings (SSSR count). The smallest absolute Gasteiger partial charge is 0.342 e. The van der Waals surface area contributed by atoms with Crippen LogP contribution >= 0.6 is 0 Å². The summed E-state index contributed by atoms with van der Waals surface area (Å²) >= 11 is 0. The van der Waals surface area contributed by atoms with Gasteiger partial charge in [0.15, 0.2) is 0 Å². The number of rotatable bonds is 3. The van der Waals surface area contributed by atoms with Gasteiger partial charge in [-0.15, -0.1) is 0 Å². The largest absolute Gasteiger partial charge is 0.416 e. The molecule has 0 radical (unpaired) electrons. The molecule has 1 unspecified atom stereocenters. The lowest BCUT2D eigenvalue weighted by molar-refractivity contribution is -0.143. The quantitative estimate of drug-likeness (QED) is 0.842. The van der Waals surface area contributed by atoms with E-state index >= 15 is 0 Å². The molecule has 2 aliphatic rings. The van der Waals surface area contributed by atoms with E-state index in [0.717, 1.165) is 25.0 Å². The predicted octanol–water partition coefficient (Wildman–Crippen LogP) is 3.68. The fourth-order valence-corrected chi connectivity index (χ4v) is 3.33. The summed E-state index contributed by atoms with van der Waals surface area (Å²) in [6.45, 7) is 3.41. The van der Waals surface area contributed by atoms with E-state index in [-0.39, 0.29) is 11.6 Å². The van der Waals surface area contributed by atoms with Crippen LogP contribution in [0.2, 0.25) is 0 Å². The molecule has 2 fully saturated rings. The number of benzene rings is 1. The molecule has 25 heavy (non-hydrogen) atoms. The van der Waals surface area contributed by atoms with Gasteiger partial charge in [0.1, 0.15) is 5.41 Å². The molecule has 0 bridgehead atoms. The molecule has 1 saturated heterocycles. The van der Waals surface area contributed by atoms with Crippen LogP contribution in [0.3, 0.4) is 0 Å². The van der Waals surface area contributed by atoms with Crippen LogP contribution in [0.1, 0.15) is 38.2 Å². The Kier molecular flexibility index (Phi) is 4.51. The number of nitrogens with zero attached hydrogens (tertiary/aromatic N) is 1. The van der Waals surface area contributed by atoms with Crippen molar-refractivity contribution in [2.75, 3.05) is 18.4 Å². The fraction of sp³-hybridized carbons (Fsp3) is 0.556. The van der Waals surface area contributed by atoms with Gasteiger partial charge in [-0.05, 0) is 55.9 Å². The zero-order valence-corrected chi connectivity index (χ0v) is 14.0. The summed E-state index contributed by atoms with van der Waals surface area (Å²) in [5, 5.41) is 2.60.